The summed E-state index contributed by atoms with van der Waals surface area (Å²) in [6.07, 6.45) is 42.8. The second kappa shape index (κ2) is 45.4. The van der Waals surface area contributed by atoms with Gasteiger partial charge in [-0.15, -0.1) is 0 Å². The van der Waals surface area contributed by atoms with E-state index in [1.807, 2.05) is 20.8 Å². The van der Waals surface area contributed by atoms with Crippen LogP contribution in [0.4, 0.5) is 0 Å². The molecule has 0 heterocycles. The van der Waals surface area contributed by atoms with E-state index in [-0.39, 0.29) is 53.7 Å². The molecule has 2 N–H and O–H groups in total. The summed E-state index contributed by atoms with van der Waals surface area (Å²) >= 11 is 1.30. The molecule has 0 spiro atoms. The standard InChI is InChI=1S/C54H103NO7S/c1-7-10-13-16-19-22-25-28-31-34-37-40-46(4)51(56)55-50(52(57)58)45-63-44-49(62-54(60)48(6)42-39-36-33-30-27-24-21-18-15-12-9-3)43-61-53(59)47(5)41-38-35-32-29-26-23-20-17-14-11-8-2/h46-50H,7-45H2,1-6H3,(H,55,56)(H,57,58). The lowest BCUT2D eigenvalue weighted by Crippen LogP contribution is -2.45. The number of amides is 1. The highest BCUT2D eigenvalue weighted by Crippen LogP contribution is 2.20. The Kier molecular flexibility index (Phi) is 44.1. The number of rotatable bonds is 48. The number of carbonyl (C=O) groups excluding carboxylic acids is 3. The Bertz CT molecular complexity index is 1070. The van der Waals surface area contributed by atoms with E-state index in [9.17, 15) is 24.3 Å². The van der Waals surface area contributed by atoms with Crippen LogP contribution in [0, 0.1) is 17.8 Å². The van der Waals surface area contributed by atoms with Gasteiger partial charge in [0.1, 0.15) is 18.8 Å². The minimum absolute atomic E-state index is 0.0641. The second-order valence-electron chi connectivity index (χ2n) is 19.3. The molecule has 1 amide bonds. The fraction of sp³-hybridized carbons (Fsp3) is 0.926. The molecule has 0 aliphatic carbocycles. The largest absolute Gasteiger partial charge is 0.480 e. The SMILES string of the molecule is CCCCCCCCCCCCCC(C)C(=O)NC(CSCC(COC(=O)C(C)CCCCCCCCCCCCC)OC(=O)C(C)CCCCCCCCCCCCC)C(=O)O. The third kappa shape index (κ3) is 39.1. The van der Waals surface area contributed by atoms with Crippen LogP contribution in [0.5, 0.6) is 0 Å². The van der Waals surface area contributed by atoms with Crippen LogP contribution in [0.15, 0.2) is 0 Å². The van der Waals surface area contributed by atoms with Gasteiger partial charge >= 0.3 is 17.9 Å². The first-order valence-corrected chi connectivity index (χ1v) is 28.2. The number of thioether (sulfide) groups is 1. The zero-order valence-electron chi connectivity index (χ0n) is 42.3. The Labute approximate surface area is 393 Å². The van der Waals surface area contributed by atoms with E-state index < -0.39 is 18.1 Å². The van der Waals surface area contributed by atoms with E-state index in [1.165, 1.54) is 185 Å². The summed E-state index contributed by atoms with van der Waals surface area (Å²) in [6, 6.07) is -1.06. The Hall–Kier alpha value is -1.77. The minimum atomic E-state index is -1.09. The lowest BCUT2D eigenvalue weighted by Gasteiger charge is -2.22. The van der Waals surface area contributed by atoms with Crippen LogP contribution in [0.1, 0.15) is 273 Å². The molecule has 0 aliphatic rings. The van der Waals surface area contributed by atoms with Crippen LogP contribution in [0.3, 0.4) is 0 Å². The van der Waals surface area contributed by atoms with Crippen molar-refractivity contribution in [1.82, 2.24) is 5.32 Å². The smallest absolute Gasteiger partial charge is 0.327 e. The molecule has 0 rings (SSSR count). The number of carboxylic acids is 1. The number of ether oxygens (including phenoxy) is 2. The average molecular weight is 910 g/mol. The van der Waals surface area contributed by atoms with Crippen molar-refractivity contribution in [2.24, 2.45) is 17.8 Å². The number of esters is 2. The fourth-order valence-corrected chi connectivity index (χ4v) is 9.26. The number of carbonyl (C=O) groups is 4. The van der Waals surface area contributed by atoms with Gasteiger partial charge in [0.2, 0.25) is 5.91 Å². The van der Waals surface area contributed by atoms with Gasteiger partial charge in [0.25, 0.3) is 0 Å². The summed E-state index contributed by atoms with van der Waals surface area (Å²) < 4.78 is 11.7. The van der Waals surface area contributed by atoms with Crippen molar-refractivity contribution in [2.45, 2.75) is 285 Å². The highest BCUT2D eigenvalue weighted by molar-refractivity contribution is 7.99. The molecule has 0 aromatic carbocycles. The molecular formula is C54H103NO7S. The highest BCUT2D eigenvalue weighted by Gasteiger charge is 2.26. The first-order chi connectivity index (χ1) is 30.6. The van der Waals surface area contributed by atoms with Crippen molar-refractivity contribution in [2.75, 3.05) is 18.1 Å². The van der Waals surface area contributed by atoms with Gasteiger partial charge in [-0.3, -0.25) is 14.4 Å². The maximum absolute atomic E-state index is 13.3. The first kappa shape index (κ1) is 61.2. The molecular weight excluding hydrogens is 807 g/mol. The number of nitrogens with one attached hydrogen (secondary N) is 1. The normalized spacial score (nSPS) is 13.9. The van der Waals surface area contributed by atoms with Crippen molar-refractivity contribution in [3.05, 3.63) is 0 Å². The number of hydrogen-bond acceptors (Lipinski definition) is 7. The summed E-state index contributed by atoms with van der Waals surface area (Å²) in [5.41, 5.74) is 0. The van der Waals surface area contributed by atoms with Crippen molar-refractivity contribution in [1.29, 1.82) is 0 Å². The van der Waals surface area contributed by atoms with Crippen LogP contribution < -0.4 is 5.32 Å². The molecule has 63 heavy (non-hydrogen) atoms. The maximum atomic E-state index is 13.3. The predicted octanol–water partition coefficient (Wildman–Crippen LogP) is 15.8. The molecule has 0 aromatic heterocycles. The molecule has 0 fully saturated rings. The summed E-state index contributed by atoms with van der Waals surface area (Å²) in [4.78, 5) is 51.6. The van der Waals surface area contributed by atoms with E-state index in [4.69, 9.17) is 9.47 Å². The van der Waals surface area contributed by atoms with Crippen molar-refractivity contribution >= 4 is 35.6 Å². The molecule has 9 heteroatoms. The molecule has 0 saturated heterocycles. The van der Waals surface area contributed by atoms with E-state index in [1.54, 1.807) is 0 Å². The Morgan fingerprint density at radius 3 is 1.11 bits per heavy atom. The molecule has 372 valence electrons. The van der Waals surface area contributed by atoms with Gasteiger partial charge in [0.15, 0.2) is 0 Å². The quantitative estimate of drug-likeness (QED) is 0.0458. The molecule has 0 aromatic rings. The zero-order valence-corrected chi connectivity index (χ0v) is 43.1. The first-order valence-electron chi connectivity index (χ1n) is 27.0. The van der Waals surface area contributed by atoms with Gasteiger partial charge in [0, 0.05) is 17.4 Å². The second-order valence-corrected chi connectivity index (χ2v) is 20.4. The van der Waals surface area contributed by atoms with Crippen LogP contribution in [0.25, 0.3) is 0 Å². The Morgan fingerprint density at radius 2 is 0.762 bits per heavy atom. The number of aliphatic carboxylic acids is 1. The van der Waals surface area contributed by atoms with Gasteiger partial charge in [0.05, 0.1) is 11.8 Å². The van der Waals surface area contributed by atoms with Gasteiger partial charge < -0.3 is 19.9 Å². The zero-order chi connectivity index (χ0) is 46.6. The average Bonchev–Trinajstić information content (AvgIpc) is 3.27. The summed E-state index contributed by atoms with van der Waals surface area (Å²) in [5, 5.41) is 12.8. The van der Waals surface area contributed by atoms with Crippen LogP contribution in [-0.4, -0.2) is 59.2 Å². The Morgan fingerprint density at radius 1 is 0.444 bits per heavy atom. The van der Waals surface area contributed by atoms with Crippen molar-refractivity contribution in [3.63, 3.8) is 0 Å². The monoisotopic (exact) mass is 910 g/mol. The number of hydrogen-bond donors (Lipinski definition) is 2. The molecule has 0 radical (unpaired) electrons. The van der Waals surface area contributed by atoms with Crippen LogP contribution >= 0.6 is 11.8 Å². The van der Waals surface area contributed by atoms with Gasteiger partial charge in [-0.2, -0.15) is 11.8 Å². The van der Waals surface area contributed by atoms with Crippen molar-refractivity contribution < 1.29 is 33.8 Å². The van der Waals surface area contributed by atoms with E-state index in [0.29, 0.717) is 0 Å². The molecule has 8 nitrogen and oxygen atoms in total. The third-order valence-corrected chi connectivity index (χ3v) is 14.0. The molecule has 5 unspecified atom stereocenters. The topological polar surface area (TPSA) is 119 Å². The van der Waals surface area contributed by atoms with Gasteiger partial charge in [-0.05, 0) is 19.3 Å². The van der Waals surface area contributed by atoms with Gasteiger partial charge in [-0.25, -0.2) is 4.79 Å². The predicted molar refractivity (Wildman–Crippen MR) is 268 cm³/mol. The lowest BCUT2D eigenvalue weighted by molar-refractivity contribution is -0.162. The fourth-order valence-electron chi connectivity index (χ4n) is 8.23. The molecule has 0 bridgehead atoms. The van der Waals surface area contributed by atoms with E-state index in [2.05, 4.69) is 26.1 Å². The highest BCUT2D eigenvalue weighted by atomic mass is 32.2. The molecule has 0 aliphatic heterocycles. The summed E-state index contributed by atoms with van der Waals surface area (Å²) in [7, 11) is 0. The van der Waals surface area contributed by atoms with Crippen LogP contribution in [-0.2, 0) is 28.7 Å². The van der Waals surface area contributed by atoms with E-state index >= 15 is 0 Å². The molecule has 0 saturated carbocycles. The number of carboxylic acid groups (broad SMARTS) is 1. The summed E-state index contributed by atoms with van der Waals surface area (Å²) in [6.45, 7) is 12.4. The third-order valence-electron chi connectivity index (χ3n) is 12.9. The number of unbranched alkanes of at least 4 members (excludes halogenated alkanes) is 30. The lowest BCUT2D eigenvalue weighted by atomic mass is 10.0. The van der Waals surface area contributed by atoms with Crippen LogP contribution in [0.2, 0.25) is 0 Å². The van der Waals surface area contributed by atoms with E-state index in [0.717, 1.165) is 57.8 Å². The minimum Gasteiger partial charge on any atom is -0.480 e. The Balaban J connectivity index is 4.92. The van der Waals surface area contributed by atoms with Crippen molar-refractivity contribution in [3.8, 4) is 0 Å². The van der Waals surface area contributed by atoms with Gasteiger partial charge in [-0.1, -0.05) is 253 Å². The summed E-state index contributed by atoms with van der Waals surface area (Å²) in [5.74, 6) is -2.32. The molecule has 5 atom stereocenters. The maximum Gasteiger partial charge on any atom is 0.327 e.